The maximum Gasteiger partial charge on any atom is 0.267 e. The number of nitrogens with one attached hydrogen (secondary N) is 3. The molecule has 28 heavy (non-hydrogen) atoms. The second-order valence-corrected chi connectivity index (χ2v) is 8.37. The summed E-state index contributed by atoms with van der Waals surface area (Å²) in [5, 5.41) is 13.1. The average Bonchev–Trinajstić information content (AvgIpc) is 3.34. The van der Waals surface area contributed by atoms with Gasteiger partial charge < -0.3 is 5.32 Å². The molecule has 0 aromatic carbocycles. The van der Waals surface area contributed by atoms with Gasteiger partial charge in [0.05, 0.1) is 22.0 Å². The van der Waals surface area contributed by atoms with Crippen molar-refractivity contribution >= 4 is 51.8 Å². The van der Waals surface area contributed by atoms with E-state index in [9.17, 15) is 9.59 Å². The first kappa shape index (κ1) is 20.1. The largest absolute Gasteiger partial charge is 0.351 e. The summed E-state index contributed by atoms with van der Waals surface area (Å²) < 4.78 is 2.32. The molecule has 0 aliphatic carbocycles. The Bertz CT molecular complexity index is 1090. The van der Waals surface area contributed by atoms with Crippen LogP contribution in [-0.2, 0) is 17.9 Å². The van der Waals surface area contributed by atoms with Gasteiger partial charge in [-0.1, -0.05) is 17.4 Å². The van der Waals surface area contributed by atoms with E-state index in [1.54, 1.807) is 12.1 Å². The lowest BCUT2D eigenvalue weighted by Crippen LogP contribution is -2.18. The van der Waals surface area contributed by atoms with Gasteiger partial charge in [-0.3, -0.25) is 24.6 Å². The predicted molar refractivity (Wildman–Crippen MR) is 113 cm³/mol. The number of anilines is 1. The Balaban J connectivity index is 1.77. The number of aromatic amines is 1. The molecule has 8 nitrogen and oxygen atoms in total. The molecular formula is C17H18N6O2S3. The Morgan fingerprint density at radius 3 is 2.89 bits per heavy atom. The van der Waals surface area contributed by atoms with E-state index in [0.717, 1.165) is 15.4 Å². The topological polar surface area (TPSA) is 105 Å². The Morgan fingerprint density at radius 1 is 1.39 bits per heavy atom. The smallest absolute Gasteiger partial charge is 0.267 e. The van der Waals surface area contributed by atoms with Crippen molar-refractivity contribution in [3.63, 3.8) is 0 Å². The Kier molecular flexibility index (Phi) is 6.17. The summed E-state index contributed by atoms with van der Waals surface area (Å²) in [5.74, 6) is 0.304. The number of hydrogen-bond acceptors (Lipinski definition) is 7. The molecule has 146 valence electrons. The van der Waals surface area contributed by atoms with Crippen LogP contribution in [0.2, 0.25) is 0 Å². The van der Waals surface area contributed by atoms with E-state index in [2.05, 4.69) is 32.4 Å². The lowest BCUT2D eigenvalue weighted by atomic mass is 10.3. The minimum absolute atomic E-state index is 0.112. The monoisotopic (exact) mass is 434 g/mol. The molecule has 2 amide bonds. The third-order valence-electron chi connectivity index (χ3n) is 3.69. The summed E-state index contributed by atoms with van der Waals surface area (Å²) >= 11 is 7.91. The molecule has 3 aromatic heterocycles. The maximum atomic E-state index is 12.5. The fourth-order valence-corrected chi connectivity index (χ4v) is 4.42. The van der Waals surface area contributed by atoms with Crippen molar-refractivity contribution in [2.75, 3.05) is 5.32 Å². The Morgan fingerprint density at radius 2 is 2.18 bits per heavy atom. The van der Waals surface area contributed by atoms with Gasteiger partial charge in [0, 0.05) is 18.3 Å². The fourth-order valence-electron chi connectivity index (χ4n) is 2.41. The van der Waals surface area contributed by atoms with E-state index in [4.69, 9.17) is 12.2 Å². The number of allylic oxidation sites excluding steroid dienone is 1. The fraction of sp³-hybridized carbons (Fsp3) is 0.235. The number of hydrogen-bond donors (Lipinski definition) is 3. The first-order valence-corrected chi connectivity index (χ1v) is 10.3. The first-order valence-electron chi connectivity index (χ1n) is 8.27. The molecule has 3 rings (SSSR count). The third-order valence-corrected chi connectivity index (χ3v) is 6.15. The van der Waals surface area contributed by atoms with Crippen molar-refractivity contribution in [2.24, 2.45) is 0 Å². The summed E-state index contributed by atoms with van der Waals surface area (Å²) in [6.07, 6.45) is 1.74. The van der Waals surface area contributed by atoms with Gasteiger partial charge in [-0.2, -0.15) is 5.10 Å². The maximum absolute atomic E-state index is 12.5. The zero-order valence-corrected chi connectivity index (χ0v) is 17.7. The van der Waals surface area contributed by atoms with Crippen LogP contribution in [0.3, 0.4) is 0 Å². The van der Waals surface area contributed by atoms with E-state index in [1.165, 1.54) is 29.6 Å². The minimum atomic E-state index is -0.246. The summed E-state index contributed by atoms with van der Waals surface area (Å²) in [5.41, 5.74) is 0.747. The molecule has 0 spiro atoms. The van der Waals surface area contributed by atoms with Crippen molar-refractivity contribution in [2.45, 2.75) is 26.9 Å². The van der Waals surface area contributed by atoms with E-state index in [1.807, 2.05) is 17.6 Å². The van der Waals surface area contributed by atoms with Gasteiger partial charge in [0.15, 0.2) is 15.7 Å². The number of carbonyl (C=O) groups is 2. The molecule has 11 heteroatoms. The van der Waals surface area contributed by atoms with Gasteiger partial charge in [0.2, 0.25) is 5.91 Å². The van der Waals surface area contributed by atoms with Crippen molar-refractivity contribution in [3.8, 4) is 10.7 Å². The SMILES string of the molecule is C=CCn1c(-c2sc(NC(=O)c3ccc(CNC(C)=O)s3)nc2C)n[nH]c1=S. The van der Waals surface area contributed by atoms with Crippen LogP contribution in [-0.4, -0.2) is 31.6 Å². The van der Waals surface area contributed by atoms with Gasteiger partial charge in [0.25, 0.3) is 5.91 Å². The van der Waals surface area contributed by atoms with Crippen molar-refractivity contribution < 1.29 is 9.59 Å². The zero-order valence-electron chi connectivity index (χ0n) is 15.2. The van der Waals surface area contributed by atoms with Gasteiger partial charge >= 0.3 is 0 Å². The van der Waals surface area contributed by atoms with E-state index < -0.39 is 0 Å². The van der Waals surface area contributed by atoms with Crippen LogP contribution >= 0.6 is 34.9 Å². The number of aryl methyl sites for hydroxylation is 1. The number of aromatic nitrogens is 4. The zero-order chi connectivity index (χ0) is 20.3. The van der Waals surface area contributed by atoms with Crippen LogP contribution in [0.25, 0.3) is 10.7 Å². The van der Waals surface area contributed by atoms with Crippen molar-refractivity contribution in [1.82, 2.24) is 25.1 Å². The molecule has 0 aliphatic rings. The second-order valence-electron chi connectivity index (χ2n) is 5.82. The predicted octanol–water partition coefficient (Wildman–Crippen LogP) is 3.51. The van der Waals surface area contributed by atoms with Gasteiger partial charge in [-0.05, 0) is 31.3 Å². The number of amides is 2. The number of thiophene rings is 1. The standard InChI is InChI=1S/C17H18N6O2S3/c1-4-7-23-14(21-22-17(23)26)13-9(2)19-16(28-13)20-15(25)12-6-5-11(27-12)8-18-10(3)24/h4-6H,1,7-8H2,2-3H3,(H,18,24)(H,22,26)(H,19,20,25). The number of thiazole rings is 1. The molecule has 0 bridgehead atoms. The van der Waals surface area contributed by atoms with Crippen LogP contribution in [0, 0.1) is 11.7 Å². The minimum Gasteiger partial charge on any atom is -0.351 e. The summed E-state index contributed by atoms with van der Waals surface area (Å²) in [4.78, 5) is 30.2. The number of rotatable bonds is 7. The molecule has 3 heterocycles. The number of carbonyl (C=O) groups excluding carboxylic acids is 2. The molecule has 0 atom stereocenters. The summed E-state index contributed by atoms with van der Waals surface area (Å²) in [6, 6.07) is 3.55. The summed E-state index contributed by atoms with van der Waals surface area (Å²) in [6.45, 7) is 7.97. The molecule has 0 aliphatic heterocycles. The van der Waals surface area contributed by atoms with Crippen LogP contribution in [0.4, 0.5) is 5.13 Å². The molecule has 3 aromatic rings. The quantitative estimate of drug-likeness (QED) is 0.390. The lowest BCUT2D eigenvalue weighted by molar-refractivity contribution is -0.119. The molecule has 0 unspecified atom stereocenters. The van der Waals surface area contributed by atoms with Crippen molar-refractivity contribution in [3.05, 3.63) is 45.0 Å². The Labute approximate surface area is 174 Å². The Hall–Kier alpha value is -2.63. The average molecular weight is 435 g/mol. The molecular weight excluding hydrogens is 416 g/mol. The molecule has 0 radical (unpaired) electrons. The van der Waals surface area contributed by atoms with Crippen molar-refractivity contribution in [1.29, 1.82) is 0 Å². The highest BCUT2D eigenvalue weighted by Crippen LogP contribution is 2.32. The molecule has 0 saturated carbocycles. The first-order chi connectivity index (χ1) is 13.4. The van der Waals surface area contributed by atoms with Crippen LogP contribution < -0.4 is 10.6 Å². The number of H-pyrrole nitrogens is 1. The lowest BCUT2D eigenvalue weighted by Gasteiger charge is -2.01. The van der Waals surface area contributed by atoms with Gasteiger partial charge in [0.1, 0.15) is 0 Å². The molecule has 3 N–H and O–H groups in total. The van der Waals surface area contributed by atoms with Gasteiger partial charge in [-0.15, -0.1) is 17.9 Å². The number of nitrogens with zero attached hydrogens (tertiary/aromatic N) is 3. The van der Waals surface area contributed by atoms with E-state index in [0.29, 0.717) is 33.7 Å². The van der Waals surface area contributed by atoms with Crippen LogP contribution in [0.1, 0.15) is 27.2 Å². The highest BCUT2D eigenvalue weighted by atomic mass is 32.1. The second kappa shape index (κ2) is 8.59. The summed E-state index contributed by atoms with van der Waals surface area (Å²) in [7, 11) is 0. The van der Waals surface area contributed by atoms with Crippen LogP contribution in [0.15, 0.2) is 24.8 Å². The van der Waals surface area contributed by atoms with Gasteiger partial charge in [-0.25, -0.2) is 4.98 Å². The molecule has 0 saturated heterocycles. The normalized spacial score (nSPS) is 10.6. The third kappa shape index (κ3) is 4.43. The molecule has 0 fully saturated rings. The highest BCUT2D eigenvalue weighted by Gasteiger charge is 2.18. The highest BCUT2D eigenvalue weighted by molar-refractivity contribution is 7.71. The van der Waals surface area contributed by atoms with E-state index >= 15 is 0 Å². The van der Waals surface area contributed by atoms with E-state index in [-0.39, 0.29) is 11.8 Å². The van der Waals surface area contributed by atoms with Crippen LogP contribution in [0.5, 0.6) is 0 Å².